The highest BCUT2D eigenvalue weighted by Crippen LogP contribution is 2.29. The van der Waals surface area contributed by atoms with Gasteiger partial charge in [0.05, 0.1) is 16.8 Å². The smallest absolute Gasteiger partial charge is 0.239 e. The molecular formula is C17H19N5O3S. The van der Waals surface area contributed by atoms with E-state index in [-0.39, 0.29) is 0 Å². The van der Waals surface area contributed by atoms with Crippen molar-refractivity contribution in [3.05, 3.63) is 36.0 Å². The van der Waals surface area contributed by atoms with Gasteiger partial charge < -0.3 is 9.80 Å². The molecule has 2 heterocycles. The minimum atomic E-state index is -3.58. The molecule has 2 aromatic rings. The number of benzene rings is 1. The average molecular weight is 373 g/mol. The number of amides is 1. The number of sulfonamides is 1. The maximum atomic E-state index is 12.2. The summed E-state index contributed by atoms with van der Waals surface area (Å²) in [6.45, 7) is 1.85. The van der Waals surface area contributed by atoms with Gasteiger partial charge in [-0.15, -0.1) is 0 Å². The van der Waals surface area contributed by atoms with Crippen LogP contribution in [0.2, 0.25) is 0 Å². The van der Waals surface area contributed by atoms with Crippen LogP contribution in [0.3, 0.4) is 0 Å². The number of anilines is 1. The van der Waals surface area contributed by atoms with Gasteiger partial charge in [-0.3, -0.25) is 9.78 Å². The second kappa shape index (κ2) is 7.27. The summed E-state index contributed by atoms with van der Waals surface area (Å²) in [7, 11) is -2.29. The van der Waals surface area contributed by atoms with Crippen molar-refractivity contribution in [1.82, 2.24) is 14.6 Å². The molecule has 1 saturated heterocycles. The zero-order chi connectivity index (χ0) is 18.7. The lowest BCUT2D eigenvalue weighted by molar-refractivity contribution is -0.128. The highest BCUT2D eigenvalue weighted by atomic mass is 32.2. The Labute approximate surface area is 152 Å². The van der Waals surface area contributed by atoms with Gasteiger partial charge in [0.2, 0.25) is 15.9 Å². The summed E-state index contributed by atoms with van der Waals surface area (Å²) in [5.41, 5.74) is 2.11. The minimum Gasteiger partial charge on any atom is -0.366 e. The number of fused-ring (bicyclic) bond motifs is 1. The molecular weight excluding hydrogens is 354 g/mol. The van der Waals surface area contributed by atoms with Crippen molar-refractivity contribution >= 4 is 32.5 Å². The Balaban J connectivity index is 1.80. The standard InChI is InChI=1S/C17H19N5O3S/c1-19-26(24,25)12-16(23)21-6-8-22(9-7-21)17-13(10-18)11-20-15-5-3-2-4-14(15)17/h2-5,11,19H,6-9,12H2,1H3. The topological polar surface area (TPSA) is 106 Å². The molecule has 8 nitrogen and oxygen atoms in total. The molecule has 1 aliphatic heterocycles. The van der Waals surface area contributed by atoms with Gasteiger partial charge in [-0.05, 0) is 13.1 Å². The Morgan fingerprint density at radius 1 is 1.27 bits per heavy atom. The molecule has 0 unspecified atom stereocenters. The molecule has 0 bridgehead atoms. The van der Waals surface area contributed by atoms with E-state index in [0.717, 1.165) is 16.6 Å². The summed E-state index contributed by atoms with van der Waals surface area (Å²) >= 11 is 0. The van der Waals surface area contributed by atoms with Gasteiger partial charge in [-0.1, -0.05) is 18.2 Å². The van der Waals surface area contributed by atoms with Gasteiger partial charge >= 0.3 is 0 Å². The van der Waals surface area contributed by atoms with Gasteiger partial charge in [0.15, 0.2) is 0 Å². The molecule has 1 N–H and O–H groups in total. The van der Waals surface area contributed by atoms with Gasteiger partial charge in [0, 0.05) is 37.8 Å². The third-order valence-electron chi connectivity index (χ3n) is 4.44. The van der Waals surface area contributed by atoms with Crippen molar-refractivity contribution < 1.29 is 13.2 Å². The van der Waals surface area contributed by atoms with Crippen LogP contribution in [0.5, 0.6) is 0 Å². The highest BCUT2D eigenvalue weighted by Gasteiger charge is 2.26. The van der Waals surface area contributed by atoms with Crippen LogP contribution >= 0.6 is 0 Å². The van der Waals surface area contributed by atoms with Crippen LogP contribution in [-0.4, -0.2) is 63.2 Å². The number of hydrogen-bond acceptors (Lipinski definition) is 6. The number of nitriles is 1. The van der Waals surface area contributed by atoms with E-state index in [1.165, 1.54) is 7.05 Å². The molecule has 1 aromatic carbocycles. The molecule has 0 atom stereocenters. The van der Waals surface area contributed by atoms with E-state index in [2.05, 4.69) is 20.7 Å². The number of hydrogen-bond donors (Lipinski definition) is 1. The molecule has 26 heavy (non-hydrogen) atoms. The van der Waals surface area contributed by atoms with Crippen molar-refractivity contribution in [3.63, 3.8) is 0 Å². The first-order valence-electron chi connectivity index (χ1n) is 8.17. The summed E-state index contributed by atoms with van der Waals surface area (Å²) in [5.74, 6) is -0.968. The average Bonchev–Trinajstić information content (AvgIpc) is 2.66. The molecule has 0 saturated carbocycles. The van der Waals surface area contributed by atoms with Crippen molar-refractivity contribution in [2.45, 2.75) is 0 Å². The van der Waals surface area contributed by atoms with Crippen LogP contribution in [-0.2, 0) is 14.8 Å². The molecule has 0 aliphatic carbocycles. The third-order valence-corrected chi connectivity index (χ3v) is 5.69. The number of aromatic nitrogens is 1. The van der Waals surface area contributed by atoms with Gasteiger partial charge in [-0.2, -0.15) is 5.26 Å². The summed E-state index contributed by atoms with van der Waals surface area (Å²) in [4.78, 5) is 20.1. The SMILES string of the molecule is CNS(=O)(=O)CC(=O)N1CCN(c2c(C#N)cnc3ccccc23)CC1. The quantitative estimate of drug-likeness (QED) is 0.826. The van der Waals surface area contributed by atoms with E-state index in [0.29, 0.717) is 31.7 Å². The Bertz CT molecular complexity index is 976. The first-order valence-corrected chi connectivity index (χ1v) is 9.82. The van der Waals surface area contributed by atoms with Crippen LogP contribution in [0, 0.1) is 11.3 Å². The molecule has 1 aromatic heterocycles. The van der Waals surface area contributed by atoms with Crippen molar-refractivity contribution in [2.24, 2.45) is 0 Å². The first-order chi connectivity index (χ1) is 12.4. The van der Waals surface area contributed by atoms with E-state index < -0.39 is 21.7 Å². The van der Waals surface area contributed by atoms with E-state index in [9.17, 15) is 18.5 Å². The van der Waals surface area contributed by atoms with Crippen LogP contribution in [0.15, 0.2) is 30.5 Å². The monoisotopic (exact) mass is 373 g/mol. The van der Waals surface area contributed by atoms with Crippen LogP contribution < -0.4 is 9.62 Å². The molecule has 3 rings (SSSR count). The highest BCUT2D eigenvalue weighted by molar-refractivity contribution is 7.90. The molecule has 0 spiro atoms. The van der Waals surface area contributed by atoms with Crippen LogP contribution in [0.4, 0.5) is 5.69 Å². The van der Waals surface area contributed by atoms with Gasteiger partial charge in [0.25, 0.3) is 0 Å². The first kappa shape index (κ1) is 18.1. The number of nitrogens with one attached hydrogen (secondary N) is 1. The summed E-state index contributed by atoms with van der Waals surface area (Å²) in [5, 5.41) is 10.3. The lowest BCUT2D eigenvalue weighted by Crippen LogP contribution is -2.51. The molecule has 9 heteroatoms. The lowest BCUT2D eigenvalue weighted by Gasteiger charge is -2.36. The van der Waals surface area contributed by atoms with Crippen molar-refractivity contribution in [3.8, 4) is 6.07 Å². The Hall–Kier alpha value is -2.70. The molecule has 1 fully saturated rings. The number of carbonyl (C=O) groups excluding carboxylic acids is 1. The lowest BCUT2D eigenvalue weighted by atomic mass is 10.1. The maximum absolute atomic E-state index is 12.2. The normalized spacial score (nSPS) is 15.1. The second-order valence-corrected chi connectivity index (χ2v) is 7.91. The molecule has 136 valence electrons. The predicted octanol–water partition coefficient (Wildman–Crippen LogP) is 0.304. The van der Waals surface area contributed by atoms with Crippen LogP contribution in [0.1, 0.15) is 5.56 Å². The second-order valence-electron chi connectivity index (χ2n) is 5.98. The van der Waals surface area contributed by atoms with Gasteiger partial charge in [-0.25, -0.2) is 13.1 Å². The Morgan fingerprint density at radius 3 is 2.62 bits per heavy atom. The number of carbonyl (C=O) groups is 1. The largest absolute Gasteiger partial charge is 0.366 e. The van der Waals surface area contributed by atoms with E-state index in [1.807, 2.05) is 24.3 Å². The summed E-state index contributed by atoms with van der Waals surface area (Å²) in [6, 6.07) is 9.80. The van der Waals surface area contributed by atoms with Crippen molar-refractivity contribution in [1.29, 1.82) is 5.26 Å². The Morgan fingerprint density at radius 2 is 1.96 bits per heavy atom. The fourth-order valence-electron chi connectivity index (χ4n) is 3.05. The number of piperazine rings is 1. The number of rotatable bonds is 4. The van der Waals surface area contributed by atoms with E-state index >= 15 is 0 Å². The number of nitrogens with zero attached hydrogens (tertiary/aromatic N) is 4. The van der Waals surface area contributed by atoms with Crippen LogP contribution in [0.25, 0.3) is 10.9 Å². The number of pyridine rings is 1. The third kappa shape index (κ3) is 3.61. The number of para-hydroxylation sites is 1. The summed E-state index contributed by atoms with van der Waals surface area (Å²) < 4.78 is 25.3. The zero-order valence-corrected chi connectivity index (χ0v) is 15.2. The maximum Gasteiger partial charge on any atom is 0.239 e. The fourth-order valence-corrected chi connectivity index (χ4v) is 3.71. The van der Waals surface area contributed by atoms with E-state index in [1.54, 1.807) is 11.1 Å². The van der Waals surface area contributed by atoms with Crippen molar-refractivity contribution in [2.75, 3.05) is 43.9 Å². The van der Waals surface area contributed by atoms with Gasteiger partial charge in [0.1, 0.15) is 11.8 Å². The zero-order valence-electron chi connectivity index (χ0n) is 14.3. The molecule has 0 radical (unpaired) electrons. The minimum absolute atomic E-state index is 0.402. The van der Waals surface area contributed by atoms with E-state index in [4.69, 9.17) is 0 Å². The molecule has 1 amide bonds. The summed E-state index contributed by atoms with van der Waals surface area (Å²) in [6.07, 6.45) is 1.56. The molecule has 1 aliphatic rings. The Kier molecular flexibility index (Phi) is 5.06. The fraction of sp³-hybridized carbons (Fsp3) is 0.353. The predicted molar refractivity (Wildman–Crippen MR) is 98.1 cm³/mol.